The molecular formula is C35H32Cl2Zr-2. The Bertz CT molecular complexity index is 1320. The average Bonchev–Trinajstić information content (AvgIpc) is 3.56. The molecule has 0 radical (unpaired) electrons. The molecule has 0 amide bonds. The molecule has 0 N–H and O–H groups in total. The van der Waals surface area contributed by atoms with Gasteiger partial charge in [0.25, 0.3) is 0 Å². The van der Waals surface area contributed by atoms with Crippen LogP contribution in [0, 0.1) is 33.8 Å². The Morgan fingerprint density at radius 2 is 1.16 bits per heavy atom. The molecule has 6 rings (SSSR count). The second-order valence-corrected chi connectivity index (χ2v) is 10.7. The van der Waals surface area contributed by atoms with E-state index in [1.165, 1.54) is 83.1 Å². The predicted octanol–water partition coefficient (Wildman–Crippen LogP) is 2.51. The molecule has 5 aromatic rings. The van der Waals surface area contributed by atoms with E-state index >= 15 is 0 Å². The summed E-state index contributed by atoms with van der Waals surface area (Å²) in [5.41, 5.74) is 13.5. The summed E-state index contributed by atoms with van der Waals surface area (Å²) >= 11 is 1.46. The normalized spacial score (nSPS) is 10.3. The van der Waals surface area contributed by atoms with Gasteiger partial charge in [0.05, 0.1) is 0 Å². The number of hydrogen-bond acceptors (Lipinski definition) is 0. The molecule has 0 nitrogen and oxygen atoms in total. The molecule has 192 valence electrons. The Morgan fingerprint density at radius 1 is 0.658 bits per heavy atom. The number of benzene rings is 4. The van der Waals surface area contributed by atoms with Gasteiger partial charge in [-0.2, -0.15) is 42.0 Å². The molecule has 1 aliphatic rings. The van der Waals surface area contributed by atoms with E-state index in [0.717, 1.165) is 6.42 Å². The molecule has 3 heteroatoms. The molecule has 0 atom stereocenters. The van der Waals surface area contributed by atoms with E-state index in [1.807, 2.05) is 30.3 Å². The fraction of sp³-hybridized carbons (Fsp3) is 0.143. The van der Waals surface area contributed by atoms with Gasteiger partial charge in [-0.15, -0.1) is 11.1 Å². The third kappa shape index (κ3) is 8.54. The van der Waals surface area contributed by atoms with Crippen molar-refractivity contribution in [2.24, 2.45) is 0 Å². The third-order valence-corrected chi connectivity index (χ3v) is 7.75. The van der Waals surface area contributed by atoms with Gasteiger partial charge in [0.15, 0.2) is 0 Å². The minimum Gasteiger partial charge on any atom is -1.00 e. The average molecular weight is 615 g/mol. The van der Waals surface area contributed by atoms with E-state index in [-0.39, 0.29) is 24.8 Å². The first kappa shape index (κ1) is 31.8. The SMILES string of the molecule is Cc1[c-]c2c(cc1)-c1ccc(C)cc1C2.Cc1ccc([C](=[Zr+2])c2ccc(C)cc2)cc1.[Cl-].[Cl-].c1cc[cH-]c1. The fourth-order valence-corrected chi connectivity index (χ4v) is 5.12. The molecule has 0 fully saturated rings. The van der Waals surface area contributed by atoms with Crippen LogP contribution in [-0.4, -0.2) is 3.21 Å². The van der Waals surface area contributed by atoms with Crippen molar-refractivity contribution in [2.75, 3.05) is 0 Å². The van der Waals surface area contributed by atoms with Crippen LogP contribution in [0.25, 0.3) is 11.1 Å². The molecule has 0 heterocycles. The fourth-order valence-electron chi connectivity index (χ4n) is 4.30. The van der Waals surface area contributed by atoms with E-state index in [4.69, 9.17) is 0 Å². The van der Waals surface area contributed by atoms with Gasteiger partial charge >= 0.3 is 112 Å². The maximum Gasteiger partial charge on any atom is -0.172 e. The molecular weight excluding hydrogens is 583 g/mol. The molecule has 5 aromatic carbocycles. The van der Waals surface area contributed by atoms with Gasteiger partial charge in [0, 0.05) is 0 Å². The molecule has 0 unspecified atom stereocenters. The van der Waals surface area contributed by atoms with Crippen molar-refractivity contribution in [2.45, 2.75) is 34.1 Å². The first-order valence-electron chi connectivity index (χ1n) is 12.4. The summed E-state index contributed by atoms with van der Waals surface area (Å²) in [6.45, 7) is 8.50. The number of hydrogen-bond donors (Lipinski definition) is 0. The molecule has 38 heavy (non-hydrogen) atoms. The van der Waals surface area contributed by atoms with Crippen LogP contribution >= 0.6 is 0 Å². The van der Waals surface area contributed by atoms with E-state index in [2.05, 4.69) is 113 Å². The van der Waals surface area contributed by atoms with Gasteiger partial charge in [-0.05, 0) is 18.9 Å². The summed E-state index contributed by atoms with van der Waals surface area (Å²) in [5, 5.41) is 0. The summed E-state index contributed by atoms with van der Waals surface area (Å²) in [6.07, 6.45) is 1.05. The van der Waals surface area contributed by atoms with Crippen molar-refractivity contribution in [3.05, 3.63) is 160 Å². The van der Waals surface area contributed by atoms with Gasteiger partial charge in [0.2, 0.25) is 0 Å². The molecule has 0 saturated carbocycles. The zero-order valence-electron chi connectivity index (χ0n) is 22.4. The second-order valence-electron chi connectivity index (χ2n) is 9.44. The number of halogens is 2. The quantitative estimate of drug-likeness (QED) is 0.263. The molecule has 0 saturated heterocycles. The Balaban J connectivity index is 0.000000216. The van der Waals surface area contributed by atoms with Gasteiger partial charge in [-0.1, -0.05) is 36.2 Å². The maximum atomic E-state index is 3.45. The van der Waals surface area contributed by atoms with Gasteiger partial charge in [-0.3, -0.25) is 0 Å². The molecule has 0 aromatic heterocycles. The van der Waals surface area contributed by atoms with Crippen molar-refractivity contribution in [1.29, 1.82) is 0 Å². The van der Waals surface area contributed by atoms with Crippen LogP contribution in [0.3, 0.4) is 0 Å². The standard InChI is InChI=1S/C15H13.C15H14.C5H5.2ClH.Zr/c1-10-3-5-14-12(7-10)9-13-8-11(2)4-6-15(13)14;1-12-3-7-14(8-4-12)11-15-9-5-13(2)6-10-15;1-2-4-5-3-1;;;/h3-7H,9H2,1-2H3;3-10H,1-2H3;1-5H;2*1H;/q-1;;-1;;;+2/p-2. The van der Waals surface area contributed by atoms with Gasteiger partial charge in [0.1, 0.15) is 0 Å². The van der Waals surface area contributed by atoms with Crippen molar-refractivity contribution in [3.63, 3.8) is 0 Å². The van der Waals surface area contributed by atoms with Crippen molar-refractivity contribution in [3.8, 4) is 11.1 Å². The van der Waals surface area contributed by atoms with E-state index < -0.39 is 0 Å². The molecule has 1 aliphatic carbocycles. The zero-order valence-corrected chi connectivity index (χ0v) is 26.3. The minimum absolute atomic E-state index is 0. The molecule has 0 aliphatic heterocycles. The van der Waals surface area contributed by atoms with Crippen LogP contribution in [0.5, 0.6) is 0 Å². The van der Waals surface area contributed by atoms with Crippen LogP contribution in [0.4, 0.5) is 0 Å². The molecule has 0 bridgehead atoms. The Hall–Kier alpha value is -2.44. The monoisotopic (exact) mass is 612 g/mol. The number of aryl methyl sites for hydroxylation is 4. The zero-order chi connectivity index (χ0) is 25.5. The van der Waals surface area contributed by atoms with Crippen molar-refractivity contribution >= 4 is 3.21 Å². The predicted molar refractivity (Wildman–Crippen MR) is 151 cm³/mol. The summed E-state index contributed by atoms with van der Waals surface area (Å²) in [6, 6.07) is 42.1. The minimum atomic E-state index is 0. The van der Waals surface area contributed by atoms with E-state index in [0.29, 0.717) is 0 Å². The second kappa shape index (κ2) is 15.2. The first-order chi connectivity index (χ1) is 17.4. The summed E-state index contributed by atoms with van der Waals surface area (Å²) in [7, 11) is 0. The number of rotatable bonds is 2. The first-order valence-corrected chi connectivity index (χ1v) is 13.6. The summed E-state index contributed by atoms with van der Waals surface area (Å²) in [4.78, 5) is 0. The maximum absolute atomic E-state index is 3.45. The van der Waals surface area contributed by atoms with Crippen molar-refractivity contribution in [1.82, 2.24) is 0 Å². The van der Waals surface area contributed by atoms with Crippen LogP contribution < -0.4 is 24.8 Å². The van der Waals surface area contributed by atoms with Crippen LogP contribution in [0.1, 0.15) is 44.5 Å². The van der Waals surface area contributed by atoms with E-state index in [1.54, 1.807) is 0 Å². The topological polar surface area (TPSA) is 0 Å². The third-order valence-electron chi connectivity index (χ3n) is 6.33. The van der Waals surface area contributed by atoms with E-state index in [9.17, 15) is 0 Å². The summed E-state index contributed by atoms with van der Waals surface area (Å²) < 4.78 is 1.42. The summed E-state index contributed by atoms with van der Waals surface area (Å²) in [5.74, 6) is 0. The smallest absolute Gasteiger partial charge is 0.172 e. The van der Waals surface area contributed by atoms with Crippen molar-refractivity contribution < 1.29 is 49.0 Å². The number of fused-ring (bicyclic) bond motifs is 3. The Labute approximate surface area is 255 Å². The Morgan fingerprint density at radius 3 is 1.66 bits per heavy atom. The molecule has 0 spiro atoms. The van der Waals surface area contributed by atoms with Crippen LogP contribution in [-0.2, 0) is 30.7 Å². The largest absolute Gasteiger partial charge is 1.00 e. The van der Waals surface area contributed by atoms with Gasteiger partial charge in [-0.25, -0.2) is 12.1 Å². The Kier molecular flexibility index (Phi) is 12.7. The van der Waals surface area contributed by atoms with Gasteiger partial charge < -0.3 is 24.8 Å². The van der Waals surface area contributed by atoms with Crippen LogP contribution in [0.2, 0.25) is 0 Å². The van der Waals surface area contributed by atoms with Crippen LogP contribution in [0.15, 0.2) is 109 Å².